The summed E-state index contributed by atoms with van der Waals surface area (Å²) < 4.78 is 11.3. The number of carbonyl (C=O) groups is 1. The van der Waals surface area contributed by atoms with Gasteiger partial charge in [-0.1, -0.05) is 6.07 Å². The highest BCUT2D eigenvalue weighted by molar-refractivity contribution is 5.97. The molecule has 21 heavy (non-hydrogen) atoms. The second-order valence-electron chi connectivity index (χ2n) is 5.03. The second kappa shape index (κ2) is 5.61. The molecule has 1 aromatic heterocycles. The minimum atomic E-state index is -0.102. The molecule has 5 nitrogen and oxygen atoms in total. The molecular weight excluding hydrogens is 268 g/mol. The number of benzene rings is 1. The van der Waals surface area contributed by atoms with Gasteiger partial charge in [0, 0.05) is 0 Å². The Hall–Kier alpha value is -2.27. The quantitative estimate of drug-likeness (QED) is 0.906. The highest BCUT2D eigenvalue weighted by atomic mass is 16.5. The van der Waals surface area contributed by atoms with Crippen molar-refractivity contribution in [1.82, 2.24) is 10.6 Å². The van der Waals surface area contributed by atoms with E-state index in [0.29, 0.717) is 24.5 Å². The first-order chi connectivity index (χ1) is 10.2. The lowest BCUT2D eigenvalue weighted by molar-refractivity contribution is 0.0957. The zero-order chi connectivity index (χ0) is 14.8. The van der Waals surface area contributed by atoms with Gasteiger partial charge in [-0.15, -0.1) is 0 Å². The van der Waals surface area contributed by atoms with Crippen molar-refractivity contribution < 1.29 is 13.9 Å². The molecule has 1 aromatic carbocycles. The van der Waals surface area contributed by atoms with Crippen molar-refractivity contribution in [2.45, 2.75) is 13.0 Å². The molecule has 0 spiro atoms. The lowest BCUT2D eigenvalue weighted by Gasteiger charge is -2.16. The maximum absolute atomic E-state index is 12.1. The molecule has 2 heterocycles. The van der Waals surface area contributed by atoms with Crippen LogP contribution in [-0.4, -0.2) is 26.1 Å². The van der Waals surface area contributed by atoms with Gasteiger partial charge in [-0.25, -0.2) is 0 Å². The Morgan fingerprint density at radius 2 is 2.14 bits per heavy atom. The van der Waals surface area contributed by atoms with E-state index in [0.717, 1.165) is 17.1 Å². The van der Waals surface area contributed by atoms with E-state index in [1.165, 1.54) is 0 Å². The predicted octanol–water partition coefficient (Wildman–Crippen LogP) is 2.02. The molecule has 0 saturated heterocycles. The molecule has 1 aliphatic rings. The number of ether oxygens (including phenoxy) is 1. The molecule has 1 atom stereocenters. The summed E-state index contributed by atoms with van der Waals surface area (Å²) in [5.41, 5.74) is 1.53. The number of amides is 1. The summed E-state index contributed by atoms with van der Waals surface area (Å²) in [6.45, 7) is 2.93. The first-order valence-corrected chi connectivity index (χ1v) is 6.97. The van der Waals surface area contributed by atoms with Crippen molar-refractivity contribution in [2.75, 3.05) is 20.2 Å². The third kappa shape index (κ3) is 2.64. The Kier molecular flexibility index (Phi) is 3.66. The predicted molar refractivity (Wildman–Crippen MR) is 78.6 cm³/mol. The zero-order valence-corrected chi connectivity index (χ0v) is 12.1. The van der Waals surface area contributed by atoms with Crippen LogP contribution < -0.4 is 15.4 Å². The molecular formula is C16H18N2O3. The molecule has 2 aromatic rings. The van der Waals surface area contributed by atoms with Crippen LogP contribution in [0, 0.1) is 6.92 Å². The van der Waals surface area contributed by atoms with Crippen LogP contribution in [-0.2, 0) is 0 Å². The van der Waals surface area contributed by atoms with E-state index < -0.39 is 0 Å². The lowest BCUT2D eigenvalue weighted by atomic mass is 10.0. The number of aryl methyl sites for hydroxylation is 1. The van der Waals surface area contributed by atoms with Gasteiger partial charge in [-0.2, -0.15) is 0 Å². The summed E-state index contributed by atoms with van der Waals surface area (Å²) in [4.78, 5) is 12.1. The summed E-state index contributed by atoms with van der Waals surface area (Å²) in [5.74, 6) is 2.21. The molecule has 0 saturated carbocycles. The van der Waals surface area contributed by atoms with Gasteiger partial charge in [-0.3, -0.25) is 4.79 Å². The number of nitrogens with one attached hydrogen (secondary N) is 2. The molecule has 0 fully saturated rings. The maximum Gasteiger partial charge on any atom is 0.255 e. The molecule has 1 amide bonds. The summed E-state index contributed by atoms with van der Waals surface area (Å²) in [5, 5.41) is 6.04. The van der Waals surface area contributed by atoms with E-state index >= 15 is 0 Å². The van der Waals surface area contributed by atoms with Crippen LogP contribution in [0.3, 0.4) is 0 Å². The third-order valence-electron chi connectivity index (χ3n) is 3.56. The van der Waals surface area contributed by atoms with Gasteiger partial charge in [0.25, 0.3) is 5.91 Å². The Balaban J connectivity index is 2.00. The van der Waals surface area contributed by atoms with Crippen LogP contribution in [0.2, 0.25) is 0 Å². The topological polar surface area (TPSA) is 63.5 Å². The number of fused-ring (bicyclic) bond motifs is 1. The number of rotatable bonds is 3. The van der Waals surface area contributed by atoms with Gasteiger partial charge in [0.1, 0.15) is 23.9 Å². The van der Waals surface area contributed by atoms with E-state index in [1.54, 1.807) is 0 Å². The number of carbonyl (C=O) groups excluding carboxylic acids is 1. The molecule has 5 heteroatoms. The summed E-state index contributed by atoms with van der Waals surface area (Å²) in [7, 11) is 1.87. The molecule has 0 radical (unpaired) electrons. The SMILES string of the molecule is CNC(c1ccc2c(c1)C(=O)NCCO2)c1ccc(C)o1. The van der Waals surface area contributed by atoms with Gasteiger partial charge < -0.3 is 19.8 Å². The molecule has 2 N–H and O–H groups in total. The monoisotopic (exact) mass is 286 g/mol. The summed E-state index contributed by atoms with van der Waals surface area (Å²) in [6.07, 6.45) is 0. The smallest absolute Gasteiger partial charge is 0.255 e. The van der Waals surface area contributed by atoms with E-state index in [-0.39, 0.29) is 11.9 Å². The average molecular weight is 286 g/mol. The van der Waals surface area contributed by atoms with Crippen LogP contribution in [0.1, 0.15) is 33.5 Å². The van der Waals surface area contributed by atoms with Crippen molar-refractivity contribution in [3.05, 3.63) is 53.0 Å². The van der Waals surface area contributed by atoms with E-state index in [2.05, 4.69) is 10.6 Å². The molecule has 0 bridgehead atoms. The van der Waals surface area contributed by atoms with Crippen LogP contribution in [0.4, 0.5) is 0 Å². The number of hydrogen-bond acceptors (Lipinski definition) is 4. The Bertz CT molecular complexity index is 663. The summed E-state index contributed by atoms with van der Waals surface area (Å²) >= 11 is 0. The lowest BCUT2D eigenvalue weighted by Crippen LogP contribution is -2.24. The van der Waals surface area contributed by atoms with Gasteiger partial charge >= 0.3 is 0 Å². The van der Waals surface area contributed by atoms with Crippen molar-refractivity contribution in [2.24, 2.45) is 0 Å². The highest BCUT2D eigenvalue weighted by Crippen LogP contribution is 2.28. The maximum atomic E-state index is 12.1. The second-order valence-corrected chi connectivity index (χ2v) is 5.03. The van der Waals surface area contributed by atoms with Crippen molar-refractivity contribution >= 4 is 5.91 Å². The highest BCUT2D eigenvalue weighted by Gasteiger charge is 2.21. The molecule has 3 rings (SSSR count). The van der Waals surface area contributed by atoms with Crippen LogP contribution in [0.15, 0.2) is 34.7 Å². The first-order valence-electron chi connectivity index (χ1n) is 6.97. The molecule has 0 aliphatic carbocycles. The fourth-order valence-electron chi connectivity index (χ4n) is 2.53. The minimum Gasteiger partial charge on any atom is -0.491 e. The third-order valence-corrected chi connectivity index (χ3v) is 3.56. The number of hydrogen-bond donors (Lipinski definition) is 2. The molecule has 110 valence electrons. The fraction of sp³-hybridized carbons (Fsp3) is 0.312. The molecule has 1 aliphatic heterocycles. The van der Waals surface area contributed by atoms with Gasteiger partial charge in [-0.05, 0) is 43.8 Å². The normalized spacial score (nSPS) is 15.6. The van der Waals surface area contributed by atoms with Gasteiger partial charge in [0.2, 0.25) is 0 Å². The van der Waals surface area contributed by atoms with Crippen molar-refractivity contribution in [3.63, 3.8) is 0 Å². The Morgan fingerprint density at radius 3 is 2.86 bits per heavy atom. The Labute approximate surface area is 123 Å². The standard InChI is InChI=1S/C16H18N2O3/c1-10-3-5-14(21-10)15(17-2)11-4-6-13-12(9-11)16(19)18-7-8-20-13/h3-6,9,15,17H,7-8H2,1-2H3,(H,18,19). The van der Waals surface area contributed by atoms with Gasteiger partial charge in [0.05, 0.1) is 18.2 Å². The summed E-state index contributed by atoms with van der Waals surface area (Å²) in [6, 6.07) is 9.43. The minimum absolute atomic E-state index is 0.0972. The van der Waals surface area contributed by atoms with Crippen LogP contribution in [0.25, 0.3) is 0 Å². The van der Waals surface area contributed by atoms with Crippen LogP contribution >= 0.6 is 0 Å². The molecule has 1 unspecified atom stereocenters. The van der Waals surface area contributed by atoms with Gasteiger partial charge in [0.15, 0.2) is 0 Å². The average Bonchev–Trinajstić information content (AvgIpc) is 2.82. The number of furan rings is 1. The fourth-order valence-corrected chi connectivity index (χ4v) is 2.53. The largest absolute Gasteiger partial charge is 0.491 e. The Morgan fingerprint density at radius 1 is 1.29 bits per heavy atom. The van der Waals surface area contributed by atoms with Crippen molar-refractivity contribution in [3.8, 4) is 5.75 Å². The van der Waals surface area contributed by atoms with E-state index in [1.807, 2.05) is 44.3 Å². The first kappa shape index (κ1) is 13.7. The van der Waals surface area contributed by atoms with Crippen LogP contribution in [0.5, 0.6) is 5.75 Å². The van der Waals surface area contributed by atoms with E-state index in [9.17, 15) is 4.79 Å². The zero-order valence-electron chi connectivity index (χ0n) is 12.1. The van der Waals surface area contributed by atoms with E-state index in [4.69, 9.17) is 9.15 Å². The van der Waals surface area contributed by atoms with Crippen molar-refractivity contribution in [1.29, 1.82) is 0 Å².